The minimum atomic E-state index is -0.464. The molecule has 2 rings (SSSR count). The molecule has 0 heterocycles. The fourth-order valence-electron chi connectivity index (χ4n) is 2.66. The van der Waals surface area contributed by atoms with Gasteiger partial charge in [0.2, 0.25) is 0 Å². The lowest BCUT2D eigenvalue weighted by atomic mass is 10.1. The van der Waals surface area contributed by atoms with E-state index in [1.807, 2.05) is 0 Å². The highest BCUT2D eigenvalue weighted by atomic mass is 32.2. The lowest BCUT2D eigenvalue weighted by molar-refractivity contribution is -0.383. The van der Waals surface area contributed by atoms with Gasteiger partial charge in [0, 0.05) is 30.0 Å². The molecule has 1 saturated carbocycles. The number of nitro groups is 1. The Bertz CT molecular complexity index is 550. The molecule has 1 aliphatic rings. The highest BCUT2D eigenvalue weighted by molar-refractivity contribution is 7.99. The standard InChI is InChI=1S/C14H19N3O3S/c1-15-11-8-9(6-7-12(11)17(19)20)14(18)16-10-4-3-5-13(10)21-2/h6-8,10,13,15H,3-5H2,1-2H3,(H,16,18). The molecule has 2 N–H and O–H groups in total. The Kier molecular flexibility index (Phi) is 5.06. The molecule has 0 aliphatic heterocycles. The Labute approximate surface area is 127 Å². The van der Waals surface area contributed by atoms with Gasteiger partial charge in [0.15, 0.2) is 0 Å². The summed E-state index contributed by atoms with van der Waals surface area (Å²) in [7, 11) is 1.60. The van der Waals surface area contributed by atoms with Gasteiger partial charge >= 0.3 is 0 Å². The van der Waals surface area contributed by atoms with Gasteiger partial charge in [-0.15, -0.1) is 0 Å². The van der Waals surface area contributed by atoms with E-state index in [1.165, 1.54) is 18.2 Å². The van der Waals surface area contributed by atoms with Crippen molar-refractivity contribution in [1.82, 2.24) is 5.32 Å². The molecule has 0 saturated heterocycles. The number of hydrogen-bond donors (Lipinski definition) is 2. The zero-order chi connectivity index (χ0) is 15.4. The Balaban J connectivity index is 2.14. The van der Waals surface area contributed by atoms with Crippen molar-refractivity contribution in [3.05, 3.63) is 33.9 Å². The molecule has 0 spiro atoms. The van der Waals surface area contributed by atoms with Crippen molar-refractivity contribution in [2.75, 3.05) is 18.6 Å². The zero-order valence-electron chi connectivity index (χ0n) is 12.1. The van der Waals surface area contributed by atoms with E-state index in [9.17, 15) is 14.9 Å². The number of benzene rings is 1. The highest BCUT2D eigenvalue weighted by Gasteiger charge is 2.28. The summed E-state index contributed by atoms with van der Waals surface area (Å²) in [4.78, 5) is 22.7. The Morgan fingerprint density at radius 1 is 1.43 bits per heavy atom. The summed E-state index contributed by atoms with van der Waals surface area (Å²) in [5.74, 6) is -0.174. The van der Waals surface area contributed by atoms with Crippen LogP contribution in [-0.4, -0.2) is 35.4 Å². The van der Waals surface area contributed by atoms with E-state index < -0.39 is 4.92 Å². The van der Waals surface area contributed by atoms with Crippen LogP contribution in [0.3, 0.4) is 0 Å². The summed E-state index contributed by atoms with van der Waals surface area (Å²) in [6.45, 7) is 0. The van der Waals surface area contributed by atoms with Crippen molar-refractivity contribution in [3.63, 3.8) is 0 Å². The molecule has 1 aliphatic carbocycles. The van der Waals surface area contributed by atoms with Crippen molar-refractivity contribution in [1.29, 1.82) is 0 Å². The third-order valence-electron chi connectivity index (χ3n) is 3.80. The van der Waals surface area contributed by atoms with E-state index in [2.05, 4.69) is 16.9 Å². The molecule has 7 heteroatoms. The maximum atomic E-state index is 12.3. The second-order valence-electron chi connectivity index (χ2n) is 5.02. The average molecular weight is 309 g/mol. The van der Waals surface area contributed by atoms with E-state index in [0.29, 0.717) is 16.5 Å². The molecular weight excluding hydrogens is 290 g/mol. The van der Waals surface area contributed by atoms with Crippen LogP contribution in [0.5, 0.6) is 0 Å². The third kappa shape index (κ3) is 3.47. The summed E-state index contributed by atoms with van der Waals surface area (Å²) in [6.07, 6.45) is 5.29. The van der Waals surface area contributed by atoms with Gasteiger partial charge in [-0.05, 0) is 31.2 Å². The van der Waals surface area contributed by atoms with E-state index in [-0.39, 0.29) is 17.6 Å². The maximum Gasteiger partial charge on any atom is 0.292 e. The number of thioether (sulfide) groups is 1. The van der Waals surface area contributed by atoms with Crippen molar-refractivity contribution in [3.8, 4) is 0 Å². The normalized spacial score (nSPS) is 21.0. The molecule has 2 unspecified atom stereocenters. The van der Waals surface area contributed by atoms with E-state index in [4.69, 9.17) is 0 Å². The summed E-state index contributed by atoms with van der Waals surface area (Å²) < 4.78 is 0. The van der Waals surface area contributed by atoms with Crippen LogP contribution in [0, 0.1) is 10.1 Å². The molecule has 1 fully saturated rings. The molecule has 1 aromatic carbocycles. The van der Waals surface area contributed by atoms with Crippen molar-refractivity contribution in [2.24, 2.45) is 0 Å². The molecule has 1 aromatic rings. The van der Waals surface area contributed by atoms with Crippen LogP contribution < -0.4 is 10.6 Å². The van der Waals surface area contributed by atoms with Gasteiger partial charge in [-0.2, -0.15) is 11.8 Å². The second-order valence-corrected chi connectivity index (χ2v) is 6.10. The van der Waals surface area contributed by atoms with E-state index in [0.717, 1.165) is 19.3 Å². The molecule has 0 bridgehead atoms. The van der Waals surface area contributed by atoms with Gasteiger partial charge in [0.25, 0.3) is 11.6 Å². The Morgan fingerprint density at radius 3 is 2.81 bits per heavy atom. The number of rotatable bonds is 5. The van der Waals surface area contributed by atoms with E-state index >= 15 is 0 Å². The number of hydrogen-bond acceptors (Lipinski definition) is 5. The highest BCUT2D eigenvalue weighted by Crippen LogP contribution is 2.29. The Morgan fingerprint density at radius 2 is 2.19 bits per heavy atom. The monoisotopic (exact) mass is 309 g/mol. The first kappa shape index (κ1) is 15.6. The van der Waals surface area contributed by atoms with Crippen molar-refractivity contribution < 1.29 is 9.72 Å². The molecule has 114 valence electrons. The molecular formula is C14H19N3O3S. The van der Waals surface area contributed by atoms with E-state index in [1.54, 1.807) is 18.8 Å². The van der Waals surface area contributed by atoms with Gasteiger partial charge in [0.1, 0.15) is 5.69 Å². The number of anilines is 1. The van der Waals surface area contributed by atoms with Crippen LogP contribution in [0.15, 0.2) is 18.2 Å². The van der Waals surface area contributed by atoms with Crippen LogP contribution in [0.1, 0.15) is 29.6 Å². The third-order valence-corrected chi connectivity index (χ3v) is 4.97. The zero-order valence-corrected chi connectivity index (χ0v) is 12.9. The minimum absolute atomic E-state index is 0.0306. The fraction of sp³-hybridized carbons (Fsp3) is 0.500. The summed E-state index contributed by atoms with van der Waals surface area (Å²) in [5, 5.41) is 17.1. The summed E-state index contributed by atoms with van der Waals surface area (Å²) in [5.41, 5.74) is 0.758. The number of carbonyl (C=O) groups excluding carboxylic acids is 1. The Hall–Kier alpha value is -1.76. The number of nitrogens with one attached hydrogen (secondary N) is 2. The van der Waals surface area contributed by atoms with Crippen LogP contribution in [-0.2, 0) is 0 Å². The smallest absolute Gasteiger partial charge is 0.292 e. The molecule has 21 heavy (non-hydrogen) atoms. The quantitative estimate of drug-likeness (QED) is 0.645. The average Bonchev–Trinajstić information content (AvgIpc) is 2.93. The SMILES string of the molecule is CNc1cc(C(=O)NC2CCCC2SC)ccc1[N+](=O)[O-]. The molecule has 0 radical (unpaired) electrons. The maximum absolute atomic E-state index is 12.3. The predicted molar refractivity (Wildman–Crippen MR) is 85.1 cm³/mol. The summed E-state index contributed by atoms with van der Waals surface area (Å²) in [6, 6.07) is 4.57. The van der Waals surface area contributed by atoms with Crippen molar-refractivity contribution >= 4 is 29.0 Å². The lowest BCUT2D eigenvalue weighted by Gasteiger charge is -2.19. The number of nitrogens with zero attached hydrogens (tertiary/aromatic N) is 1. The fourth-order valence-corrected chi connectivity index (χ4v) is 3.60. The molecule has 1 amide bonds. The first-order valence-corrected chi connectivity index (χ1v) is 8.15. The predicted octanol–water partition coefficient (Wildman–Crippen LogP) is 2.65. The van der Waals surface area contributed by atoms with Gasteiger partial charge in [0.05, 0.1) is 4.92 Å². The molecule has 6 nitrogen and oxygen atoms in total. The largest absolute Gasteiger partial charge is 0.383 e. The number of carbonyl (C=O) groups is 1. The van der Waals surface area contributed by atoms with Gasteiger partial charge in [-0.25, -0.2) is 0 Å². The van der Waals surface area contributed by atoms with Crippen LogP contribution >= 0.6 is 11.8 Å². The summed E-state index contributed by atoms with van der Waals surface area (Å²) >= 11 is 1.78. The van der Waals surface area contributed by atoms with Crippen LogP contribution in [0.2, 0.25) is 0 Å². The van der Waals surface area contributed by atoms with Gasteiger partial charge in [-0.3, -0.25) is 14.9 Å². The number of amides is 1. The van der Waals surface area contributed by atoms with Crippen LogP contribution in [0.4, 0.5) is 11.4 Å². The van der Waals surface area contributed by atoms with Gasteiger partial charge < -0.3 is 10.6 Å². The minimum Gasteiger partial charge on any atom is -0.383 e. The lowest BCUT2D eigenvalue weighted by Crippen LogP contribution is -2.38. The topological polar surface area (TPSA) is 84.3 Å². The molecule has 2 atom stereocenters. The second kappa shape index (κ2) is 6.80. The first-order valence-electron chi connectivity index (χ1n) is 6.86. The van der Waals surface area contributed by atoms with Crippen LogP contribution in [0.25, 0.3) is 0 Å². The van der Waals surface area contributed by atoms with Gasteiger partial charge in [-0.1, -0.05) is 6.42 Å². The van der Waals surface area contributed by atoms with Crippen molar-refractivity contribution in [2.45, 2.75) is 30.6 Å². The molecule has 0 aromatic heterocycles. The number of nitro benzene ring substituents is 1. The first-order chi connectivity index (χ1) is 10.1.